The highest BCUT2D eigenvalue weighted by Gasteiger charge is 2.18. The van der Waals surface area contributed by atoms with Crippen molar-refractivity contribution in [3.63, 3.8) is 0 Å². The highest BCUT2D eigenvalue weighted by Crippen LogP contribution is 2.23. The maximum Gasteiger partial charge on any atom is 0.0343 e. The number of aryl methyl sites for hydroxylation is 1. The monoisotopic (exact) mass is 293 g/mol. The standard InChI is InChI=1S/C19H23N3/c1-15-8-18(12-21-10-15)19-9-16(2)13-22(14-19)7-5-17-4-3-6-20-11-17/h3-4,6,8-12,16H,5,7,13-14H2,1-2H3. The molecule has 3 heteroatoms. The Morgan fingerprint density at radius 3 is 2.91 bits per heavy atom. The van der Waals surface area contributed by atoms with E-state index in [1.807, 2.05) is 30.9 Å². The molecule has 1 atom stereocenters. The summed E-state index contributed by atoms with van der Waals surface area (Å²) >= 11 is 0. The Bertz CT molecular complexity index is 649. The van der Waals surface area contributed by atoms with Crippen molar-refractivity contribution in [1.29, 1.82) is 0 Å². The fourth-order valence-corrected chi connectivity index (χ4v) is 3.08. The van der Waals surface area contributed by atoms with Gasteiger partial charge in [0.05, 0.1) is 0 Å². The van der Waals surface area contributed by atoms with Gasteiger partial charge in [0, 0.05) is 44.4 Å². The molecule has 0 N–H and O–H groups in total. The summed E-state index contributed by atoms with van der Waals surface area (Å²) in [7, 11) is 0. The second-order valence-corrected chi connectivity index (χ2v) is 6.27. The van der Waals surface area contributed by atoms with Gasteiger partial charge >= 0.3 is 0 Å². The summed E-state index contributed by atoms with van der Waals surface area (Å²) in [5.41, 5.74) is 5.20. The molecule has 0 spiro atoms. The van der Waals surface area contributed by atoms with Crippen LogP contribution < -0.4 is 0 Å². The number of pyridine rings is 2. The van der Waals surface area contributed by atoms with Crippen LogP contribution in [0.5, 0.6) is 0 Å². The lowest BCUT2D eigenvalue weighted by Crippen LogP contribution is -2.35. The second-order valence-electron chi connectivity index (χ2n) is 6.27. The second kappa shape index (κ2) is 6.84. The topological polar surface area (TPSA) is 29.0 Å². The van der Waals surface area contributed by atoms with Gasteiger partial charge in [-0.3, -0.25) is 14.9 Å². The van der Waals surface area contributed by atoms with E-state index in [1.165, 1.54) is 22.3 Å². The quantitative estimate of drug-likeness (QED) is 0.865. The summed E-state index contributed by atoms with van der Waals surface area (Å²) in [6.07, 6.45) is 11.1. The summed E-state index contributed by atoms with van der Waals surface area (Å²) in [5.74, 6) is 0.582. The van der Waals surface area contributed by atoms with Crippen molar-refractivity contribution in [1.82, 2.24) is 14.9 Å². The molecule has 0 aliphatic carbocycles. The minimum Gasteiger partial charge on any atom is -0.298 e. The van der Waals surface area contributed by atoms with Gasteiger partial charge < -0.3 is 0 Å². The molecule has 0 radical (unpaired) electrons. The van der Waals surface area contributed by atoms with Crippen molar-refractivity contribution >= 4 is 5.57 Å². The third kappa shape index (κ3) is 3.80. The molecule has 1 unspecified atom stereocenters. The Hall–Kier alpha value is -2.00. The highest BCUT2D eigenvalue weighted by atomic mass is 15.1. The van der Waals surface area contributed by atoms with Crippen molar-refractivity contribution in [3.8, 4) is 0 Å². The van der Waals surface area contributed by atoms with Crippen molar-refractivity contribution in [2.75, 3.05) is 19.6 Å². The average molecular weight is 293 g/mol. The van der Waals surface area contributed by atoms with E-state index in [9.17, 15) is 0 Å². The molecule has 0 fully saturated rings. The molecule has 114 valence electrons. The summed E-state index contributed by atoms with van der Waals surface area (Å²) in [5, 5.41) is 0. The maximum atomic E-state index is 4.34. The first-order chi connectivity index (χ1) is 10.7. The lowest BCUT2D eigenvalue weighted by atomic mass is 9.96. The Kier molecular flexibility index (Phi) is 4.64. The van der Waals surface area contributed by atoms with Gasteiger partial charge in [-0.05, 0) is 53.7 Å². The van der Waals surface area contributed by atoms with Crippen molar-refractivity contribution in [2.24, 2.45) is 5.92 Å². The molecule has 0 saturated heterocycles. The SMILES string of the molecule is Cc1cncc(C2=CC(C)CN(CCc3cccnc3)C2)c1. The van der Waals surface area contributed by atoms with E-state index in [-0.39, 0.29) is 0 Å². The van der Waals surface area contributed by atoms with Crippen LogP contribution in [0.15, 0.2) is 49.1 Å². The van der Waals surface area contributed by atoms with E-state index in [4.69, 9.17) is 0 Å². The average Bonchev–Trinajstić information content (AvgIpc) is 2.53. The zero-order valence-corrected chi connectivity index (χ0v) is 13.4. The van der Waals surface area contributed by atoms with Crippen LogP contribution in [0.25, 0.3) is 5.57 Å². The van der Waals surface area contributed by atoms with Crippen LogP contribution in [0.4, 0.5) is 0 Å². The molecule has 3 nitrogen and oxygen atoms in total. The zero-order chi connectivity index (χ0) is 15.4. The third-order valence-electron chi connectivity index (χ3n) is 4.11. The van der Waals surface area contributed by atoms with Crippen LogP contribution in [0.1, 0.15) is 23.6 Å². The summed E-state index contributed by atoms with van der Waals surface area (Å²) in [6, 6.07) is 6.40. The van der Waals surface area contributed by atoms with Crippen LogP contribution in [0.3, 0.4) is 0 Å². The van der Waals surface area contributed by atoms with Crippen LogP contribution in [-0.2, 0) is 6.42 Å². The van der Waals surface area contributed by atoms with E-state index in [0.29, 0.717) is 5.92 Å². The minimum absolute atomic E-state index is 0.582. The van der Waals surface area contributed by atoms with Gasteiger partial charge in [0.15, 0.2) is 0 Å². The highest BCUT2D eigenvalue weighted by molar-refractivity contribution is 5.67. The molecule has 0 amide bonds. The molecule has 1 aliphatic heterocycles. The fourth-order valence-electron chi connectivity index (χ4n) is 3.08. The van der Waals surface area contributed by atoms with Crippen molar-refractivity contribution < 1.29 is 0 Å². The Labute approximate surface area is 132 Å². The van der Waals surface area contributed by atoms with Gasteiger partial charge in [-0.25, -0.2) is 0 Å². The normalized spacial score (nSPS) is 19.0. The van der Waals surface area contributed by atoms with Crippen LogP contribution in [-0.4, -0.2) is 34.5 Å². The number of rotatable bonds is 4. The van der Waals surface area contributed by atoms with Gasteiger partial charge in [-0.2, -0.15) is 0 Å². The van der Waals surface area contributed by atoms with E-state index in [0.717, 1.165) is 26.1 Å². The smallest absolute Gasteiger partial charge is 0.0343 e. The Morgan fingerprint density at radius 1 is 1.23 bits per heavy atom. The van der Waals surface area contributed by atoms with Crippen LogP contribution in [0, 0.1) is 12.8 Å². The minimum atomic E-state index is 0.582. The van der Waals surface area contributed by atoms with E-state index in [2.05, 4.69) is 46.9 Å². The molecule has 22 heavy (non-hydrogen) atoms. The zero-order valence-electron chi connectivity index (χ0n) is 13.4. The lowest BCUT2D eigenvalue weighted by molar-refractivity contribution is 0.275. The molecule has 3 rings (SSSR count). The first kappa shape index (κ1) is 14.9. The fraction of sp³-hybridized carbons (Fsp3) is 0.368. The van der Waals surface area contributed by atoms with Gasteiger partial charge in [0.2, 0.25) is 0 Å². The lowest BCUT2D eigenvalue weighted by Gasteiger charge is -2.31. The van der Waals surface area contributed by atoms with Gasteiger partial charge in [0.25, 0.3) is 0 Å². The predicted molar refractivity (Wildman–Crippen MR) is 90.5 cm³/mol. The molecule has 0 saturated carbocycles. The van der Waals surface area contributed by atoms with E-state index < -0.39 is 0 Å². The number of hydrogen-bond donors (Lipinski definition) is 0. The maximum absolute atomic E-state index is 4.34. The van der Waals surface area contributed by atoms with Gasteiger partial charge in [-0.15, -0.1) is 0 Å². The number of hydrogen-bond acceptors (Lipinski definition) is 3. The predicted octanol–water partition coefficient (Wildman–Crippen LogP) is 3.36. The van der Waals surface area contributed by atoms with Crippen LogP contribution in [0.2, 0.25) is 0 Å². The molecule has 0 bridgehead atoms. The Morgan fingerprint density at radius 2 is 2.14 bits per heavy atom. The van der Waals surface area contributed by atoms with Crippen molar-refractivity contribution in [2.45, 2.75) is 20.3 Å². The molecule has 0 aromatic carbocycles. The molecule has 2 aromatic heterocycles. The molecule has 3 heterocycles. The molecule has 1 aliphatic rings. The van der Waals surface area contributed by atoms with Gasteiger partial charge in [-0.1, -0.05) is 19.1 Å². The largest absolute Gasteiger partial charge is 0.298 e. The first-order valence-corrected chi connectivity index (χ1v) is 7.94. The summed E-state index contributed by atoms with van der Waals surface area (Å²) < 4.78 is 0. The molecular formula is C19H23N3. The van der Waals surface area contributed by atoms with E-state index >= 15 is 0 Å². The number of aromatic nitrogens is 2. The molecule has 2 aromatic rings. The van der Waals surface area contributed by atoms with Crippen molar-refractivity contribution in [3.05, 3.63) is 65.8 Å². The summed E-state index contributed by atoms with van der Waals surface area (Å²) in [6.45, 7) is 7.61. The Balaban J connectivity index is 1.67. The van der Waals surface area contributed by atoms with Crippen LogP contribution >= 0.6 is 0 Å². The first-order valence-electron chi connectivity index (χ1n) is 7.94. The third-order valence-corrected chi connectivity index (χ3v) is 4.11. The van der Waals surface area contributed by atoms with Gasteiger partial charge in [0.1, 0.15) is 0 Å². The molecular weight excluding hydrogens is 270 g/mol. The number of nitrogens with zero attached hydrogens (tertiary/aromatic N) is 3. The van der Waals surface area contributed by atoms with E-state index in [1.54, 1.807) is 0 Å². The summed E-state index contributed by atoms with van der Waals surface area (Å²) in [4.78, 5) is 11.1.